The molecule has 1 spiro atoms. The van der Waals surface area contributed by atoms with Crippen LogP contribution in [0.25, 0.3) is 0 Å². The van der Waals surface area contributed by atoms with E-state index in [9.17, 15) is 13.6 Å². The first kappa shape index (κ1) is 14.4. The maximum Gasteiger partial charge on any atom is 0.222 e. The Morgan fingerprint density at radius 1 is 1.24 bits per heavy atom. The second-order valence-electron chi connectivity index (χ2n) is 5.94. The molecule has 114 valence electrons. The lowest BCUT2D eigenvalue weighted by Crippen LogP contribution is -2.32. The summed E-state index contributed by atoms with van der Waals surface area (Å²) in [6.45, 7) is 1.42. The molecule has 21 heavy (non-hydrogen) atoms. The Labute approximate surface area is 122 Å². The van der Waals surface area contributed by atoms with Crippen LogP contribution in [0.5, 0.6) is 0 Å². The van der Waals surface area contributed by atoms with Crippen LogP contribution in [0.2, 0.25) is 0 Å². The molecule has 2 aliphatic heterocycles. The largest absolute Gasteiger partial charge is 0.375 e. The van der Waals surface area contributed by atoms with Crippen molar-refractivity contribution in [2.75, 3.05) is 13.2 Å². The Hall–Kier alpha value is -1.49. The number of hydrogen-bond donors (Lipinski definition) is 0. The highest BCUT2D eigenvalue weighted by Gasteiger charge is 2.38. The van der Waals surface area contributed by atoms with Crippen molar-refractivity contribution in [3.05, 3.63) is 35.4 Å². The second-order valence-corrected chi connectivity index (χ2v) is 5.94. The Kier molecular flexibility index (Phi) is 3.93. The topological polar surface area (TPSA) is 29.5 Å². The molecule has 0 saturated carbocycles. The van der Waals surface area contributed by atoms with Crippen molar-refractivity contribution in [3.63, 3.8) is 0 Å². The Morgan fingerprint density at radius 3 is 2.86 bits per heavy atom. The van der Waals surface area contributed by atoms with Gasteiger partial charge in [-0.15, -0.1) is 0 Å². The zero-order valence-electron chi connectivity index (χ0n) is 11.9. The Balaban J connectivity index is 1.73. The molecule has 0 bridgehead atoms. The Morgan fingerprint density at radius 2 is 2.10 bits per heavy atom. The van der Waals surface area contributed by atoms with Gasteiger partial charge in [-0.25, -0.2) is 8.78 Å². The number of likely N-dealkylation sites (tertiary alicyclic amines) is 1. The van der Waals surface area contributed by atoms with Gasteiger partial charge < -0.3 is 9.64 Å². The van der Waals surface area contributed by atoms with Crippen molar-refractivity contribution in [2.45, 2.75) is 44.2 Å². The molecule has 1 atom stereocenters. The molecule has 2 fully saturated rings. The fourth-order valence-electron chi connectivity index (χ4n) is 3.27. The monoisotopic (exact) mass is 295 g/mol. The van der Waals surface area contributed by atoms with Crippen LogP contribution < -0.4 is 0 Å². The lowest BCUT2D eigenvalue weighted by atomic mass is 9.92. The summed E-state index contributed by atoms with van der Waals surface area (Å²) < 4.78 is 32.8. The van der Waals surface area contributed by atoms with Crippen molar-refractivity contribution in [2.24, 2.45) is 0 Å². The van der Waals surface area contributed by atoms with Crippen LogP contribution in [0.3, 0.4) is 0 Å². The van der Waals surface area contributed by atoms with Crippen LogP contribution >= 0.6 is 0 Å². The van der Waals surface area contributed by atoms with Crippen molar-refractivity contribution < 1.29 is 18.3 Å². The van der Waals surface area contributed by atoms with Gasteiger partial charge in [-0.05, 0) is 43.9 Å². The molecule has 1 aromatic carbocycles. The third-order valence-electron chi connectivity index (χ3n) is 4.54. The molecule has 0 aromatic heterocycles. The number of carbonyl (C=O) groups excluding carboxylic acids is 1. The number of ether oxygens (including phenoxy) is 1. The zero-order chi connectivity index (χ0) is 14.9. The highest BCUT2D eigenvalue weighted by Crippen LogP contribution is 2.36. The molecule has 0 N–H and O–H groups in total. The first-order valence-electron chi connectivity index (χ1n) is 7.44. The van der Waals surface area contributed by atoms with Crippen LogP contribution in [0, 0.1) is 11.6 Å². The van der Waals surface area contributed by atoms with E-state index >= 15 is 0 Å². The summed E-state index contributed by atoms with van der Waals surface area (Å²) in [5.74, 6) is -0.962. The molecule has 0 unspecified atom stereocenters. The fourth-order valence-corrected chi connectivity index (χ4v) is 3.27. The molecule has 1 aromatic rings. The molecule has 2 heterocycles. The molecular formula is C16H19F2NO2. The van der Waals surface area contributed by atoms with Gasteiger partial charge in [0.2, 0.25) is 5.91 Å². The predicted octanol–water partition coefficient (Wildman–Crippen LogP) is 3.03. The average molecular weight is 295 g/mol. The number of rotatable bonds is 2. The van der Waals surface area contributed by atoms with Crippen LogP contribution in [0.1, 0.15) is 37.7 Å². The van der Waals surface area contributed by atoms with E-state index < -0.39 is 11.6 Å². The summed E-state index contributed by atoms with van der Waals surface area (Å²) in [5, 5.41) is 0. The maximum atomic E-state index is 13.7. The second kappa shape index (κ2) is 5.72. The normalized spacial score (nSPS) is 26.4. The molecule has 3 rings (SSSR count). The van der Waals surface area contributed by atoms with Crippen molar-refractivity contribution in [1.29, 1.82) is 0 Å². The maximum absolute atomic E-state index is 13.7. The van der Waals surface area contributed by atoms with E-state index in [2.05, 4.69) is 0 Å². The van der Waals surface area contributed by atoms with Crippen LogP contribution in [-0.2, 0) is 16.1 Å². The quantitative estimate of drug-likeness (QED) is 0.839. The summed E-state index contributed by atoms with van der Waals surface area (Å²) in [6.07, 6.45) is 3.94. The van der Waals surface area contributed by atoms with Gasteiger partial charge in [0, 0.05) is 31.7 Å². The molecule has 3 nitrogen and oxygen atoms in total. The molecular weight excluding hydrogens is 276 g/mol. The molecule has 0 radical (unpaired) electrons. The zero-order valence-corrected chi connectivity index (χ0v) is 11.9. The first-order chi connectivity index (χ1) is 10.1. The van der Waals surface area contributed by atoms with E-state index in [1.54, 1.807) is 4.90 Å². The lowest BCUT2D eigenvalue weighted by molar-refractivity contribution is -0.131. The molecule has 0 aliphatic carbocycles. The van der Waals surface area contributed by atoms with Crippen LogP contribution in [-0.4, -0.2) is 29.6 Å². The highest BCUT2D eigenvalue weighted by atomic mass is 19.1. The molecule has 2 aliphatic rings. The average Bonchev–Trinajstić information content (AvgIpc) is 2.87. The number of amides is 1. The van der Waals surface area contributed by atoms with Crippen molar-refractivity contribution in [1.82, 2.24) is 4.90 Å². The summed E-state index contributed by atoms with van der Waals surface area (Å²) in [6, 6.07) is 3.36. The minimum absolute atomic E-state index is 0.00830. The van der Waals surface area contributed by atoms with Crippen LogP contribution in [0.15, 0.2) is 18.2 Å². The van der Waals surface area contributed by atoms with E-state index in [-0.39, 0.29) is 23.6 Å². The van der Waals surface area contributed by atoms with Gasteiger partial charge in [-0.2, -0.15) is 0 Å². The summed E-state index contributed by atoms with van der Waals surface area (Å²) >= 11 is 0. The van der Waals surface area contributed by atoms with E-state index in [0.717, 1.165) is 50.5 Å². The van der Waals surface area contributed by atoms with Crippen molar-refractivity contribution in [3.8, 4) is 0 Å². The number of halogens is 2. The number of carbonyl (C=O) groups is 1. The van der Waals surface area contributed by atoms with E-state index in [0.29, 0.717) is 13.0 Å². The smallest absolute Gasteiger partial charge is 0.222 e. The van der Waals surface area contributed by atoms with E-state index in [1.165, 1.54) is 0 Å². The minimum Gasteiger partial charge on any atom is -0.375 e. The predicted molar refractivity (Wildman–Crippen MR) is 73.5 cm³/mol. The van der Waals surface area contributed by atoms with Crippen molar-refractivity contribution >= 4 is 5.91 Å². The van der Waals surface area contributed by atoms with Crippen LogP contribution in [0.4, 0.5) is 8.78 Å². The number of hydrogen-bond acceptors (Lipinski definition) is 2. The number of benzene rings is 1. The van der Waals surface area contributed by atoms with Gasteiger partial charge in [-0.3, -0.25) is 4.79 Å². The number of nitrogens with zero attached hydrogens (tertiary/aromatic N) is 1. The third-order valence-corrected chi connectivity index (χ3v) is 4.54. The minimum atomic E-state index is -0.482. The summed E-state index contributed by atoms with van der Waals surface area (Å²) in [4.78, 5) is 13.8. The van der Waals surface area contributed by atoms with Gasteiger partial charge in [0.05, 0.1) is 5.60 Å². The standard InChI is InChI=1S/C16H19F2NO2/c17-13-2-3-14(18)12(10-13)11-19-8-7-16(5-1-9-21-16)6-4-15(19)20/h2-3,10H,1,4-9,11H2/t16-/m0/s1. The molecule has 1 amide bonds. The molecule has 2 saturated heterocycles. The summed E-state index contributed by atoms with van der Waals surface area (Å²) in [5.41, 5.74) is 0.0527. The Bertz CT molecular complexity index is 541. The van der Waals surface area contributed by atoms with Gasteiger partial charge >= 0.3 is 0 Å². The molecule has 5 heteroatoms. The van der Waals surface area contributed by atoms with E-state index in [1.807, 2.05) is 0 Å². The lowest BCUT2D eigenvalue weighted by Gasteiger charge is -2.26. The first-order valence-corrected chi connectivity index (χ1v) is 7.44. The SMILES string of the molecule is O=C1CC[C@@]2(CCCO2)CCN1Cc1cc(F)ccc1F. The fraction of sp³-hybridized carbons (Fsp3) is 0.562. The van der Waals surface area contributed by atoms with E-state index in [4.69, 9.17) is 4.74 Å². The third kappa shape index (κ3) is 3.07. The van der Waals surface area contributed by atoms with Gasteiger partial charge in [0.1, 0.15) is 11.6 Å². The highest BCUT2D eigenvalue weighted by molar-refractivity contribution is 5.76. The van der Waals surface area contributed by atoms with Gasteiger partial charge in [-0.1, -0.05) is 0 Å². The summed E-state index contributed by atoms with van der Waals surface area (Å²) in [7, 11) is 0. The van der Waals surface area contributed by atoms with Gasteiger partial charge in [0.25, 0.3) is 0 Å². The van der Waals surface area contributed by atoms with Gasteiger partial charge in [0.15, 0.2) is 0 Å².